The first kappa shape index (κ1) is 22.5. The minimum Gasteiger partial charge on any atom is -0.484 e. The van der Waals surface area contributed by atoms with Crippen LogP contribution in [-0.4, -0.2) is 39.6 Å². The van der Waals surface area contributed by atoms with Gasteiger partial charge in [-0.2, -0.15) is 0 Å². The van der Waals surface area contributed by atoms with Crippen molar-refractivity contribution in [3.8, 4) is 17.1 Å². The maximum atomic E-state index is 12.1. The summed E-state index contributed by atoms with van der Waals surface area (Å²) >= 11 is 0. The van der Waals surface area contributed by atoms with Gasteiger partial charge in [0.1, 0.15) is 11.6 Å². The van der Waals surface area contributed by atoms with Gasteiger partial charge in [-0.1, -0.05) is 12.1 Å². The Morgan fingerprint density at radius 2 is 2.06 bits per heavy atom. The van der Waals surface area contributed by atoms with E-state index in [2.05, 4.69) is 15.6 Å². The Hall–Kier alpha value is -3.72. The van der Waals surface area contributed by atoms with E-state index in [0.717, 1.165) is 16.8 Å². The third-order valence-electron chi connectivity index (χ3n) is 4.84. The van der Waals surface area contributed by atoms with Gasteiger partial charge < -0.3 is 25.1 Å². The molecule has 1 aromatic carbocycles. The summed E-state index contributed by atoms with van der Waals surface area (Å²) in [6.45, 7) is 6.65. The van der Waals surface area contributed by atoms with E-state index in [0.29, 0.717) is 42.7 Å². The Balaban J connectivity index is 1.60. The Bertz CT molecular complexity index is 1220. The lowest BCUT2D eigenvalue weighted by atomic mass is 10.1. The molecule has 0 atom stereocenters. The molecule has 9 heteroatoms. The molecule has 172 valence electrons. The average molecular weight is 450 g/mol. The number of benzene rings is 1. The van der Waals surface area contributed by atoms with Crippen molar-refractivity contribution >= 4 is 17.4 Å². The lowest BCUT2D eigenvalue weighted by Gasteiger charge is -2.21. The molecule has 0 saturated heterocycles. The molecule has 0 bridgehead atoms. The summed E-state index contributed by atoms with van der Waals surface area (Å²) in [5.41, 5.74) is 2.62. The molecule has 33 heavy (non-hydrogen) atoms. The number of H-pyrrole nitrogens is 1. The number of aromatic amines is 1. The highest BCUT2D eigenvalue weighted by atomic mass is 16.5. The summed E-state index contributed by atoms with van der Waals surface area (Å²) in [5.74, 6) is 1.47. The van der Waals surface area contributed by atoms with Crippen LogP contribution >= 0.6 is 0 Å². The number of anilines is 2. The molecule has 0 unspecified atom stereocenters. The lowest BCUT2D eigenvalue weighted by Crippen LogP contribution is -2.43. The fourth-order valence-corrected chi connectivity index (χ4v) is 3.45. The van der Waals surface area contributed by atoms with Crippen LogP contribution in [0.1, 0.15) is 32.0 Å². The third kappa shape index (κ3) is 5.95. The van der Waals surface area contributed by atoms with E-state index in [1.165, 1.54) is 6.07 Å². The van der Waals surface area contributed by atoms with Crippen LogP contribution in [0.3, 0.4) is 0 Å². The highest BCUT2D eigenvalue weighted by Gasteiger charge is 2.20. The van der Waals surface area contributed by atoms with Gasteiger partial charge in [0, 0.05) is 41.0 Å². The molecule has 4 rings (SSSR count). The molecular formula is C24H27N5O4. The zero-order chi connectivity index (χ0) is 23.4. The normalized spacial score (nSPS) is 13.2. The number of hydrogen-bond donors (Lipinski definition) is 3. The van der Waals surface area contributed by atoms with Gasteiger partial charge in [-0.3, -0.25) is 9.59 Å². The molecule has 0 spiro atoms. The van der Waals surface area contributed by atoms with Crippen molar-refractivity contribution in [2.75, 3.05) is 18.5 Å². The lowest BCUT2D eigenvalue weighted by molar-refractivity contribution is -0.124. The Morgan fingerprint density at radius 1 is 1.21 bits per heavy atom. The van der Waals surface area contributed by atoms with Gasteiger partial charge in [0.25, 0.3) is 5.91 Å². The fourth-order valence-electron chi connectivity index (χ4n) is 3.45. The number of carbonyl (C=O) groups is 1. The second kappa shape index (κ2) is 9.41. The van der Waals surface area contributed by atoms with Crippen LogP contribution in [0.4, 0.5) is 11.5 Å². The molecule has 9 nitrogen and oxygen atoms in total. The number of nitrogens with zero attached hydrogens (tertiary/aromatic N) is 2. The number of amides is 1. The smallest absolute Gasteiger partial charge is 0.258 e. The maximum absolute atomic E-state index is 12.1. The summed E-state index contributed by atoms with van der Waals surface area (Å²) in [6.07, 6.45) is 2.24. The minimum atomic E-state index is -0.323. The largest absolute Gasteiger partial charge is 0.484 e. The second-order valence-corrected chi connectivity index (χ2v) is 8.80. The van der Waals surface area contributed by atoms with Crippen LogP contribution in [-0.2, 0) is 22.6 Å². The first-order chi connectivity index (χ1) is 15.8. The number of hydrogen-bond acceptors (Lipinski definition) is 7. The van der Waals surface area contributed by atoms with Crippen molar-refractivity contribution in [2.24, 2.45) is 0 Å². The van der Waals surface area contributed by atoms with E-state index in [1.807, 2.05) is 39.0 Å². The van der Waals surface area contributed by atoms with Crippen molar-refractivity contribution in [3.05, 3.63) is 64.2 Å². The molecule has 0 fully saturated rings. The van der Waals surface area contributed by atoms with E-state index < -0.39 is 0 Å². The molecule has 3 N–H and O–H groups in total. The predicted molar refractivity (Wildman–Crippen MR) is 125 cm³/mol. The average Bonchev–Trinajstić information content (AvgIpc) is 2.77. The zero-order valence-electron chi connectivity index (χ0n) is 18.9. The molecular weight excluding hydrogens is 422 g/mol. The molecule has 1 aliphatic rings. The minimum absolute atomic E-state index is 0.0849. The van der Waals surface area contributed by atoms with Gasteiger partial charge in [0.15, 0.2) is 12.4 Å². The van der Waals surface area contributed by atoms with Gasteiger partial charge in [-0.05, 0) is 39.0 Å². The highest BCUT2D eigenvalue weighted by molar-refractivity contribution is 5.78. The van der Waals surface area contributed by atoms with E-state index in [9.17, 15) is 9.59 Å². The number of nitrogens with one attached hydrogen (secondary N) is 3. The van der Waals surface area contributed by atoms with Crippen LogP contribution in [0.5, 0.6) is 5.75 Å². The van der Waals surface area contributed by atoms with Crippen molar-refractivity contribution < 1.29 is 14.3 Å². The van der Waals surface area contributed by atoms with Crippen LogP contribution < -0.4 is 20.9 Å². The number of fused-ring (bicyclic) bond motifs is 1. The summed E-state index contributed by atoms with van der Waals surface area (Å²) in [4.78, 5) is 35.8. The van der Waals surface area contributed by atoms with Crippen molar-refractivity contribution in [3.63, 3.8) is 0 Å². The SMILES string of the molecule is CC(C)(C)NC(=O)COc1cccc(-c2nc3c(c(Nc4cc[nH]c(=O)c4)n2)COCC3)c1. The summed E-state index contributed by atoms with van der Waals surface area (Å²) < 4.78 is 11.3. The van der Waals surface area contributed by atoms with Crippen LogP contribution in [0, 0.1) is 0 Å². The maximum Gasteiger partial charge on any atom is 0.258 e. The molecule has 3 heterocycles. The molecule has 0 saturated carbocycles. The van der Waals surface area contributed by atoms with Crippen molar-refractivity contribution in [1.82, 2.24) is 20.3 Å². The van der Waals surface area contributed by atoms with Crippen molar-refractivity contribution in [2.45, 2.75) is 39.3 Å². The molecule has 1 amide bonds. The van der Waals surface area contributed by atoms with Crippen LogP contribution in [0.2, 0.25) is 0 Å². The number of pyridine rings is 1. The molecule has 0 aliphatic carbocycles. The number of aromatic nitrogens is 3. The summed E-state index contributed by atoms with van der Waals surface area (Å²) in [5, 5.41) is 6.10. The van der Waals surface area contributed by atoms with Gasteiger partial charge >= 0.3 is 0 Å². The Kier molecular flexibility index (Phi) is 6.41. The monoisotopic (exact) mass is 449 g/mol. The first-order valence-electron chi connectivity index (χ1n) is 10.7. The Morgan fingerprint density at radius 3 is 2.85 bits per heavy atom. The zero-order valence-corrected chi connectivity index (χ0v) is 18.9. The van der Waals surface area contributed by atoms with Crippen molar-refractivity contribution in [1.29, 1.82) is 0 Å². The van der Waals surface area contributed by atoms with Gasteiger partial charge in [-0.25, -0.2) is 9.97 Å². The van der Waals surface area contributed by atoms with Crippen LogP contribution in [0.15, 0.2) is 47.4 Å². The Labute approximate surface area is 191 Å². The van der Waals surface area contributed by atoms with E-state index in [1.54, 1.807) is 18.3 Å². The molecule has 3 aromatic rings. The predicted octanol–water partition coefficient (Wildman–Crippen LogP) is 2.94. The van der Waals surface area contributed by atoms with E-state index in [4.69, 9.17) is 19.4 Å². The van der Waals surface area contributed by atoms with Gasteiger partial charge in [-0.15, -0.1) is 0 Å². The standard InChI is InChI=1S/C24H27N5O4/c1-24(2,3)29-21(31)14-33-17-6-4-5-15(11-17)22-27-19-8-10-32-13-18(19)23(28-22)26-16-7-9-25-20(30)12-16/h4-7,9,11-12H,8,10,13-14H2,1-3H3,(H,29,31)(H2,25,26,27,28,30). The number of rotatable bonds is 6. The molecule has 1 aliphatic heterocycles. The van der Waals surface area contributed by atoms with Crippen LogP contribution in [0.25, 0.3) is 11.4 Å². The van der Waals surface area contributed by atoms with Gasteiger partial charge in [0.05, 0.1) is 18.9 Å². The number of carbonyl (C=O) groups excluding carboxylic acids is 1. The summed E-state index contributed by atoms with van der Waals surface area (Å²) in [6, 6.07) is 10.5. The van der Waals surface area contributed by atoms with E-state index >= 15 is 0 Å². The van der Waals surface area contributed by atoms with E-state index in [-0.39, 0.29) is 23.6 Å². The second-order valence-electron chi connectivity index (χ2n) is 8.80. The third-order valence-corrected chi connectivity index (χ3v) is 4.84. The van der Waals surface area contributed by atoms with Gasteiger partial charge in [0.2, 0.25) is 5.56 Å². The molecule has 0 radical (unpaired) electrons. The molecule has 2 aromatic heterocycles. The fraction of sp³-hybridized carbons (Fsp3) is 0.333. The highest BCUT2D eigenvalue weighted by Crippen LogP contribution is 2.29. The number of ether oxygens (including phenoxy) is 2. The first-order valence-corrected chi connectivity index (χ1v) is 10.7. The topological polar surface area (TPSA) is 118 Å². The quantitative estimate of drug-likeness (QED) is 0.529. The summed E-state index contributed by atoms with van der Waals surface area (Å²) in [7, 11) is 0.